The molecule has 0 unspecified atom stereocenters. The van der Waals surface area contributed by atoms with Crippen LogP contribution in [0.15, 0.2) is 224 Å². The normalized spacial score (nSPS) is 12.1. The van der Waals surface area contributed by atoms with Crippen LogP contribution in [0.25, 0.3) is 142 Å². The number of nitrogens with zero attached hydrogens (tertiary/aromatic N) is 5. The third-order valence-electron chi connectivity index (χ3n) is 14.2. The fourth-order valence-electron chi connectivity index (χ4n) is 11.2. The van der Waals surface area contributed by atoms with Crippen LogP contribution >= 0.6 is 11.3 Å². The summed E-state index contributed by atoms with van der Waals surface area (Å²) in [6.07, 6.45) is 0. The number of para-hydroxylation sites is 2. The molecule has 0 saturated heterocycles. The largest absolute Gasteiger partial charge is 0.306 e. The molecule has 0 N–H and O–H groups in total. The van der Waals surface area contributed by atoms with E-state index in [0.717, 1.165) is 55.0 Å². The van der Waals surface area contributed by atoms with E-state index in [1.807, 2.05) is 29.5 Å². The van der Waals surface area contributed by atoms with Gasteiger partial charge >= 0.3 is 0 Å². The summed E-state index contributed by atoms with van der Waals surface area (Å²) in [5, 5.41) is 14.4. The topological polar surface area (TPSA) is 48.5 Å². The van der Waals surface area contributed by atoms with Gasteiger partial charge in [-0.2, -0.15) is 9.97 Å². The summed E-state index contributed by atoms with van der Waals surface area (Å²) in [7, 11) is 0. The predicted octanol–water partition coefficient (Wildman–Crippen LogP) is 16.9. The molecule has 0 bridgehead atoms. The SMILES string of the molecule is c1ccc(-c2nc(-c3ccc4c5ccccc5c5ccccc5c4c3)nc(-n3c4ccccc4c4ccc5c6ccccc6n(-c6cccc7c6sc6cccc(-c8ccccc8)c67)c5c43)n2)cc1. The maximum Gasteiger partial charge on any atom is 0.238 e. The highest BCUT2D eigenvalue weighted by Gasteiger charge is 2.25. The van der Waals surface area contributed by atoms with E-state index < -0.39 is 0 Å². The Balaban J connectivity index is 1.05. The molecular formula is C63H37N5S. The first-order chi connectivity index (χ1) is 34.2. The van der Waals surface area contributed by atoms with Gasteiger partial charge in [0.15, 0.2) is 11.6 Å². The summed E-state index contributed by atoms with van der Waals surface area (Å²) in [5.74, 6) is 1.79. The summed E-state index contributed by atoms with van der Waals surface area (Å²) < 4.78 is 7.30. The monoisotopic (exact) mass is 895 g/mol. The lowest BCUT2D eigenvalue weighted by Crippen LogP contribution is -2.07. The number of benzene rings is 11. The van der Waals surface area contributed by atoms with Crippen molar-refractivity contribution in [3.05, 3.63) is 224 Å². The Bertz CT molecular complexity index is 4570. The van der Waals surface area contributed by atoms with Crippen LogP contribution < -0.4 is 0 Å². The second kappa shape index (κ2) is 14.8. The molecule has 15 aromatic rings. The van der Waals surface area contributed by atoms with Crippen LogP contribution in [0.1, 0.15) is 0 Å². The van der Waals surface area contributed by atoms with Crippen LogP contribution in [0.5, 0.6) is 0 Å². The zero-order valence-electron chi connectivity index (χ0n) is 37.0. The van der Waals surface area contributed by atoms with E-state index in [4.69, 9.17) is 15.0 Å². The summed E-state index contributed by atoms with van der Waals surface area (Å²) in [5.41, 5.74) is 9.76. The summed E-state index contributed by atoms with van der Waals surface area (Å²) >= 11 is 1.86. The third-order valence-corrected chi connectivity index (χ3v) is 15.3. The van der Waals surface area contributed by atoms with Crippen molar-refractivity contribution < 1.29 is 0 Å². The third kappa shape index (κ3) is 5.61. The molecule has 0 amide bonds. The van der Waals surface area contributed by atoms with Gasteiger partial charge < -0.3 is 4.57 Å². The zero-order chi connectivity index (χ0) is 45.2. The molecule has 11 aromatic carbocycles. The lowest BCUT2D eigenvalue weighted by molar-refractivity contribution is 0.954. The smallest absolute Gasteiger partial charge is 0.238 e. The van der Waals surface area contributed by atoms with Gasteiger partial charge in [-0.3, -0.25) is 4.57 Å². The number of hydrogen-bond donors (Lipinski definition) is 0. The Morgan fingerprint density at radius 1 is 0.319 bits per heavy atom. The van der Waals surface area contributed by atoms with Crippen LogP contribution in [-0.4, -0.2) is 24.1 Å². The van der Waals surface area contributed by atoms with Crippen molar-refractivity contribution in [2.75, 3.05) is 0 Å². The van der Waals surface area contributed by atoms with Crippen LogP contribution in [-0.2, 0) is 0 Å². The maximum absolute atomic E-state index is 5.54. The van der Waals surface area contributed by atoms with Crippen molar-refractivity contribution >= 4 is 107 Å². The number of thiophene rings is 1. The van der Waals surface area contributed by atoms with Gasteiger partial charge in [0.1, 0.15) is 0 Å². The van der Waals surface area contributed by atoms with Crippen molar-refractivity contribution in [1.29, 1.82) is 0 Å². The quantitative estimate of drug-likeness (QED) is 0.162. The van der Waals surface area contributed by atoms with Crippen molar-refractivity contribution in [3.8, 4) is 45.5 Å². The summed E-state index contributed by atoms with van der Waals surface area (Å²) in [4.78, 5) is 16.3. The number of hydrogen-bond acceptors (Lipinski definition) is 4. The fourth-order valence-corrected chi connectivity index (χ4v) is 12.4. The van der Waals surface area contributed by atoms with E-state index in [1.165, 1.54) is 69.0 Å². The molecule has 0 fully saturated rings. The first-order valence-corrected chi connectivity index (χ1v) is 24.2. The van der Waals surface area contributed by atoms with Crippen LogP contribution in [0.2, 0.25) is 0 Å². The number of rotatable bonds is 5. The van der Waals surface area contributed by atoms with Crippen LogP contribution in [0, 0.1) is 0 Å². The predicted molar refractivity (Wildman–Crippen MR) is 290 cm³/mol. The molecule has 15 rings (SSSR count). The lowest BCUT2D eigenvalue weighted by Gasteiger charge is -2.14. The van der Waals surface area contributed by atoms with Gasteiger partial charge in [0.2, 0.25) is 5.95 Å². The highest BCUT2D eigenvalue weighted by atomic mass is 32.1. The first kappa shape index (κ1) is 38.2. The molecule has 69 heavy (non-hydrogen) atoms. The van der Waals surface area contributed by atoms with E-state index in [0.29, 0.717) is 17.6 Å². The maximum atomic E-state index is 5.54. The average Bonchev–Trinajstić information content (AvgIpc) is 4.09. The van der Waals surface area contributed by atoms with Crippen molar-refractivity contribution in [2.24, 2.45) is 0 Å². The molecule has 0 aliphatic rings. The van der Waals surface area contributed by atoms with E-state index in [1.54, 1.807) is 0 Å². The lowest BCUT2D eigenvalue weighted by atomic mass is 9.93. The molecule has 0 aliphatic heterocycles. The van der Waals surface area contributed by atoms with Gasteiger partial charge in [-0.15, -0.1) is 11.3 Å². The molecule has 0 atom stereocenters. The number of aromatic nitrogens is 5. The Labute approximate surface area is 399 Å². The zero-order valence-corrected chi connectivity index (χ0v) is 37.8. The Morgan fingerprint density at radius 3 is 1.48 bits per heavy atom. The molecule has 4 heterocycles. The molecule has 320 valence electrons. The van der Waals surface area contributed by atoms with Gasteiger partial charge in [-0.1, -0.05) is 194 Å². The van der Waals surface area contributed by atoms with Crippen molar-refractivity contribution in [2.45, 2.75) is 0 Å². The molecule has 0 spiro atoms. The second-order valence-electron chi connectivity index (χ2n) is 17.9. The molecule has 4 aromatic heterocycles. The Kier molecular flexibility index (Phi) is 8.17. The summed E-state index contributed by atoms with van der Waals surface area (Å²) in [6.45, 7) is 0. The molecule has 5 nitrogen and oxygen atoms in total. The van der Waals surface area contributed by atoms with Gasteiger partial charge in [-0.05, 0) is 73.8 Å². The highest BCUT2D eigenvalue weighted by molar-refractivity contribution is 7.26. The Hall–Kier alpha value is -8.97. The van der Waals surface area contributed by atoms with E-state index in [9.17, 15) is 0 Å². The Morgan fingerprint density at radius 2 is 0.812 bits per heavy atom. The average molecular weight is 896 g/mol. The highest BCUT2D eigenvalue weighted by Crippen LogP contribution is 2.47. The molecule has 0 aliphatic carbocycles. The van der Waals surface area contributed by atoms with Crippen molar-refractivity contribution in [1.82, 2.24) is 24.1 Å². The molecule has 6 heteroatoms. The standard InChI is InChI=1S/C63H37N5S/c1-3-17-38(18-4-1)41-27-16-32-56-57(41)51-28-15-31-55(60(51)69-56)67-53-29-13-11-25-47(53)49-35-36-50-48-26-12-14-30-54(48)68(59(50)58(49)67)63-65-61(39-19-5-2-6-20-39)64-62(66-63)40-33-34-46-44-23-8-7-21-42(44)43-22-9-10-24-45(43)52(46)37-40/h1-37H. The van der Waals surface area contributed by atoms with Gasteiger partial charge in [0.05, 0.1) is 32.5 Å². The minimum Gasteiger partial charge on any atom is -0.306 e. The van der Waals surface area contributed by atoms with Gasteiger partial charge in [-0.25, -0.2) is 4.98 Å². The van der Waals surface area contributed by atoms with E-state index in [-0.39, 0.29) is 0 Å². The van der Waals surface area contributed by atoms with Crippen LogP contribution in [0.4, 0.5) is 0 Å². The number of fused-ring (bicyclic) bond motifs is 16. The van der Waals surface area contributed by atoms with Crippen molar-refractivity contribution in [3.63, 3.8) is 0 Å². The van der Waals surface area contributed by atoms with Crippen LogP contribution in [0.3, 0.4) is 0 Å². The molecule has 0 radical (unpaired) electrons. The minimum absolute atomic E-state index is 0.561. The minimum atomic E-state index is 0.561. The molecular weight excluding hydrogens is 859 g/mol. The van der Waals surface area contributed by atoms with E-state index in [2.05, 4.69) is 215 Å². The van der Waals surface area contributed by atoms with Gasteiger partial charge in [0, 0.05) is 48.1 Å². The second-order valence-corrected chi connectivity index (χ2v) is 18.9. The summed E-state index contributed by atoms with van der Waals surface area (Å²) in [6, 6.07) is 80.8. The first-order valence-electron chi connectivity index (χ1n) is 23.4. The van der Waals surface area contributed by atoms with E-state index >= 15 is 0 Å². The molecule has 0 saturated carbocycles. The fraction of sp³-hybridized carbons (Fsp3) is 0. The van der Waals surface area contributed by atoms with Gasteiger partial charge in [0.25, 0.3) is 0 Å².